The fourth-order valence-corrected chi connectivity index (χ4v) is 3.57. The molecule has 0 aliphatic heterocycles. The molecule has 1 atom stereocenters. The zero-order valence-electron chi connectivity index (χ0n) is 15.4. The van der Waals surface area contributed by atoms with Crippen LogP contribution in [0.3, 0.4) is 0 Å². The molecule has 0 saturated heterocycles. The van der Waals surface area contributed by atoms with E-state index in [9.17, 15) is 4.21 Å². The lowest BCUT2D eigenvalue weighted by molar-refractivity contribution is 0.356. The van der Waals surface area contributed by atoms with E-state index in [4.69, 9.17) is 14.0 Å². The van der Waals surface area contributed by atoms with E-state index >= 15 is 0 Å². The van der Waals surface area contributed by atoms with E-state index in [1.165, 1.54) is 0 Å². The first-order valence-corrected chi connectivity index (χ1v) is 9.67. The minimum atomic E-state index is -2.03. The molecule has 28 heavy (non-hydrogen) atoms. The largest absolute Gasteiger partial charge is 0.493 e. The average molecular weight is 397 g/mol. The second kappa shape index (κ2) is 7.59. The van der Waals surface area contributed by atoms with E-state index in [0.717, 1.165) is 33.1 Å². The van der Waals surface area contributed by atoms with Crippen LogP contribution in [0.2, 0.25) is 0 Å². The number of fused-ring (bicyclic) bond motifs is 3. The molecule has 0 radical (unpaired) electrons. The Kier molecular flexibility index (Phi) is 4.99. The van der Waals surface area contributed by atoms with Crippen molar-refractivity contribution in [1.82, 2.24) is 14.3 Å². The van der Waals surface area contributed by atoms with Gasteiger partial charge in [0.15, 0.2) is 11.5 Å². The van der Waals surface area contributed by atoms with Gasteiger partial charge < -0.3 is 14.0 Å². The van der Waals surface area contributed by atoms with Crippen molar-refractivity contribution < 1.29 is 18.2 Å². The third-order valence-electron chi connectivity index (χ3n) is 4.63. The summed E-state index contributed by atoms with van der Waals surface area (Å²) in [5.74, 6) is 1.29. The number of methoxy groups -OCH3 is 2. The van der Waals surface area contributed by atoms with Crippen molar-refractivity contribution in [2.24, 2.45) is 0 Å². The molecule has 2 N–H and O–H groups in total. The maximum Gasteiger partial charge on any atom is 0.232 e. The Morgan fingerprint density at radius 2 is 1.82 bits per heavy atom. The van der Waals surface area contributed by atoms with Crippen LogP contribution in [0.1, 0.15) is 5.56 Å². The highest BCUT2D eigenvalue weighted by Crippen LogP contribution is 2.35. The summed E-state index contributed by atoms with van der Waals surface area (Å²) in [4.78, 5) is 4.55. The highest BCUT2D eigenvalue weighted by atomic mass is 32.2. The smallest absolute Gasteiger partial charge is 0.232 e. The fraction of sp³-hybridized carbons (Fsp3) is 0.150. The predicted molar refractivity (Wildman–Crippen MR) is 109 cm³/mol. The molecule has 4 aromatic rings. The Hall–Kier alpha value is -2.94. The van der Waals surface area contributed by atoms with Gasteiger partial charge in [0, 0.05) is 41.5 Å². The van der Waals surface area contributed by atoms with Gasteiger partial charge >= 0.3 is 0 Å². The minimum Gasteiger partial charge on any atom is -0.493 e. The molecule has 2 aromatic carbocycles. The van der Waals surface area contributed by atoms with E-state index in [2.05, 4.69) is 14.3 Å². The number of nitrogens with zero attached hydrogens (tertiary/aromatic N) is 2. The first kappa shape index (κ1) is 18.4. The van der Waals surface area contributed by atoms with E-state index in [1.54, 1.807) is 14.2 Å². The number of aromatic nitrogens is 2. The molecule has 8 heteroatoms. The van der Waals surface area contributed by atoms with Crippen molar-refractivity contribution in [3.05, 3.63) is 60.4 Å². The molecule has 4 rings (SSSR count). The molecule has 0 fully saturated rings. The van der Waals surface area contributed by atoms with Crippen LogP contribution in [-0.4, -0.2) is 32.5 Å². The second-order valence-electron chi connectivity index (χ2n) is 6.21. The number of pyridine rings is 1. The number of nitrogens with one attached hydrogen (secondary N) is 1. The third kappa shape index (κ3) is 3.33. The van der Waals surface area contributed by atoms with E-state index in [1.807, 2.05) is 54.9 Å². The number of hydrogen-bond acceptors (Lipinski definition) is 4. The highest BCUT2D eigenvalue weighted by Gasteiger charge is 2.13. The van der Waals surface area contributed by atoms with Gasteiger partial charge in [0.25, 0.3) is 0 Å². The Morgan fingerprint density at radius 3 is 2.50 bits per heavy atom. The predicted octanol–water partition coefficient (Wildman–Crippen LogP) is 3.42. The quantitative estimate of drug-likeness (QED) is 0.487. The van der Waals surface area contributed by atoms with Crippen molar-refractivity contribution in [1.29, 1.82) is 0 Å². The van der Waals surface area contributed by atoms with Gasteiger partial charge in [-0.1, -0.05) is 12.1 Å². The first-order valence-electron chi connectivity index (χ1n) is 8.56. The second-order valence-corrected chi connectivity index (χ2v) is 7.00. The maximum absolute atomic E-state index is 10.8. The Balaban J connectivity index is 1.83. The molecule has 0 saturated carbocycles. The number of hydrogen-bond donors (Lipinski definition) is 2. The van der Waals surface area contributed by atoms with Crippen molar-refractivity contribution >= 4 is 33.1 Å². The maximum atomic E-state index is 10.8. The molecule has 0 aliphatic rings. The molecular weight excluding hydrogens is 378 g/mol. The minimum absolute atomic E-state index is 0.319. The Bertz CT molecular complexity index is 1170. The topological polar surface area (TPSA) is 85.6 Å². The normalized spacial score (nSPS) is 12.4. The van der Waals surface area contributed by atoms with Gasteiger partial charge in [-0.05, 0) is 29.8 Å². The lowest BCUT2D eigenvalue weighted by Crippen LogP contribution is -2.15. The average Bonchev–Trinajstić information content (AvgIpc) is 3.16. The van der Waals surface area contributed by atoms with Crippen LogP contribution < -0.4 is 14.2 Å². The van der Waals surface area contributed by atoms with Gasteiger partial charge in [-0.15, -0.1) is 0 Å². The molecule has 0 spiro atoms. The van der Waals surface area contributed by atoms with Crippen LogP contribution in [0.25, 0.3) is 27.5 Å². The lowest BCUT2D eigenvalue weighted by Gasteiger charge is -2.12. The van der Waals surface area contributed by atoms with Crippen molar-refractivity contribution in [2.75, 3.05) is 14.2 Å². The summed E-state index contributed by atoms with van der Waals surface area (Å²) >= 11 is -2.03. The van der Waals surface area contributed by atoms with Gasteiger partial charge in [-0.25, -0.2) is 8.93 Å². The van der Waals surface area contributed by atoms with E-state index in [-0.39, 0.29) is 0 Å². The lowest BCUT2D eigenvalue weighted by atomic mass is 10.1. The molecular formula is C20H19N3O4S. The van der Waals surface area contributed by atoms with Crippen LogP contribution >= 0.6 is 0 Å². The van der Waals surface area contributed by atoms with Gasteiger partial charge in [-0.3, -0.25) is 9.54 Å². The summed E-state index contributed by atoms with van der Waals surface area (Å²) in [7, 11) is 3.22. The number of benzene rings is 2. The molecule has 2 heterocycles. The van der Waals surface area contributed by atoms with E-state index in [0.29, 0.717) is 18.0 Å². The van der Waals surface area contributed by atoms with Crippen LogP contribution in [0.15, 0.2) is 54.9 Å². The SMILES string of the molecule is COc1cc2ncc3ccn(-c4ccc(CNS(=O)O)cc4)c3c2cc1OC. The molecule has 0 amide bonds. The van der Waals surface area contributed by atoms with E-state index < -0.39 is 11.3 Å². The zero-order valence-corrected chi connectivity index (χ0v) is 16.2. The first-order chi connectivity index (χ1) is 13.6. The molecule has 0 aliphatic carbocycles. The summed E-state index contributed by atoms with van der Waals surface area (Å²) in [6, 6.07) is 13.6. The Morgan fingerprint density at radius 1 is 1.11 bits per heavy atom. The fourth-order valence-electron chi connectivity index (χ4n) is 3.28. The van der Waals surface area contributed by atoms with Crippen LogP contribution in [0.4, 0.5) is 0 Å². The van der Waals surface area contributed by atoms with Crippen LogP contribution in [0.5, 0.6) is 11.5 Å². The standard InChI is InChI=1S/C20H19N3O4S/c1-26-18-9-16-17(10-19(18)27-2)21-12-14-7-8-23(20(14)16)15-5-3-13(4-6-15)11-22-28(24)25/h3-10,12,22H,11H2,1-2H3,(H,24,25). The van der Waals surface area contributed by atoms with Gasteiger partial charge in [0.1, 0.15) is 0 Å². The van der Waals surface area contributed by atoms with Crippen LogP contribution in [0, 0.1) is 0 Å². The van der Waals surface area contributed by atoms with Gasteiger partial charge in [0.2, 0.25) is 11.3 Å². The molecule has 1 unspecified atom stereocenters. The monoisotopic (exact) mass is 397 g/mol. The summed E-state index contributed by atoms with van der Waals surface area (Å²) in [6.45, 7) is 0.319. The Labute approximate surface area is 164 Å². The summed E-state index contributed by atoms with van der Waals surface area (Å²) in [5.41, 5.74) is 3.73. The van der Waals surface area contributed by atoms with Crippen molar-refractivity contribution in [2.45, 2.75) is 6.54 Å². The number of ether oxygens (including phenoxy) is 2. The zero-order chi connectivity index (χ0) is 19.7. The summed E-state index contributed by atoms with van der Waals surface area (Å²) in [5, 5.41) is 1.97. The van der Waals surface area contributed by atoms with Crippen LogP contribution in [-0.2, 0) is 17.8 Å². The van der Waals surface area contributed by atoms with Crippen molar-refractivity contribution in [3.8, 4) is 17.2 Å². The summed E-state index contributed by atoms with van der Waals surface area (Å²) in [6.07, 6.45) is 3.84. The highest BCUT2D eigenvalue weighted by molar-refractivity contribution is 7.77. The molecule has 0 bridgehead atoms. The molecule has 144 valence electrons. The molecule has 2 aromatic heterocycles. The third-order valence-corrected chi connectivity index (χ3v) is 5.02. The van der Waals surface area contributed by atoms with Gasteiger partial charge in [-0.2, -0.15) is 0 Å². The summed E-state index contributed by atoms with van der Waals surface area (Å²) < 4.78 is 35.0. The van der Waals surface area contributed by atoms with Crippen molar-refractivity contribution in [3.63, 3.8) is 0 Å². The van der Waals surface area contributed by atoms with Gasteiger partial charge in [0.05, 0.1) is 25.3 Å². The number of rotatable bonds is 6. The molecule has 7 nitrogen and oxygen atoms in total.